The van der Waals surface area contributed by atoms with Gasteiger partial charge in [-0.3, -0.25) is 24.9 Å². The number of unbranched alkanes of at least 4 members (excludes halogenated alkanes) is 3. The molecular formula is C31H54N9O12. The first kappa shape index (κ1) is 45.8. The number of aliphatic hydroxyl groups is 4. The van der Waals surface area contributed by atoms with Crippen LogP contribution in [0.4, 0.5) is 0 Å². The maximum Gasteiger partial charge on any atom is 0.335 e. The van der Waals surface area contributed by atoms with Gasteiger partial charge in [0, 0.05) is 31.9 Å². The molecule has 0 saturated carbocycles. The number of hydrogen-bond donors (Lipinski definition) is 12. The van der Waals surface area contributed by atoms with Crippen LogP contribution in [0, 0.1) is 0 Å². The van der Waals surface area contributed by atoms with Gasteiger partial charge in [-0.2, -0.15) is 0 Å². The van der Waals surface area contributed by atoms with Crippen LogP contribution in [0.15, 0.2) is 12.4 Å². The molecule has 0 saturated heterocycles. The quantitative estimate of drug-likeness (QED) is 0.0297. The molecule has 0 aliphatic carbocycles. The maximum atomic E-state index is 13.6. The zero-order valence-electron chi connectivity index (χ0n) is 29.2. The summed E-state index contributed by atoms with van der Waals surface area (Å²) in [5.74, 6) is -5.40. The lowest BCUT2D eigenvalue weighted by atomic mass is 10.0. The third kappa shape index (κ3) is 16.4. The second-order valence-electron chi connectivity index (χ2n) is 12.1. The van der Waals surface area contributed by atoms with Crippen molar-refractivity contribution < 1.29 is 59.0 Å². The molecule has 0 fully saturated rings. The number of aromatic amines is 1. The van der Waals surface area contributed by atoms with E-state index >= 15 is 0 Å². The minimum atomic E-state index is -2.43. The number of carbonyl (C=O) groups is 6. The Morgan fingerprint density at radius 1 is 0.808 bits per heavy atom. The molecule has 0 aromatic carbocycles. The lowest BCUT2D eigenvalue weighted by molar-refractivity contribution is -0.166. The summed E-state index contributed by atoms with van der Waals surface area (Å²) in [5.41, 5.74) is 19.0. The van der Waals surface area contributed by atoms with Crippen molar-refractivity contribution in [3.8, 4) is 0 Å². The fourth-order valence-corrected chi connectivity index (χ4v) is 4.87. The average molecular weight is 745 g/mol. The first-order valence-electron chi connectivity index (χ1n) is 17.0. The Bertz CT molecular complexity index is 1260. The molecular weight excluding hydrogens is 690 g/mol. The van der Waals surface area contributed by atoms with Gasteiger partial charge in [0.25, 0.3) is 5.91 Å². The van der Waals surface area contributed by atoms with Gasteiger partial charge in [0.05, 0.1) is 13.2 Å². The van der Waals surface area contributed by atoms with Crippen LogP contribution in [0.5, 0.6) is 0 Å². The summed E-state index contributed by atoms with van der Waals surface area (Å²) in [5, 5.41) is 57.5. The molecule has 21 heteroatoms. The second kappa shape index (κ2) is 24.9. The molecule has 0 aliphatic heterocycles. The first-order valence-corrected chi connectivity index (χ1v) is 17.0. The van der Waals surface area contributed by atoms with Gasteiger partial charge in [0.15, 0.2) is 12.2 Å². The molecule has 3 unspecified atom stereocenters. The van der Waals surface area contributed by atoms with Crippen LogP contribution in [-0.2, 0) is 39.9 Å². The average Bonchev–Trinajstić information content (AvgIpc) is 3.64. The van der Waals surface area contributed by atoms with E-state index in [9.17, 15) is 49.2 Å². The standard InChI is InChI=1S/C31H54N9O12/c1-52-31(51)19(10-3-6-12-33)39-27(46)18(9-2-5-11-32)38-28(47)20(16-21-35-14-15-36-21)40-26(45)17(34)8-4-7-13-37-29(48)24(43)22(41)23(42)25(44)30(49)50/h14-15,17-20,22-25,33,41-44H,2-13,16,32,34H2,1H3,(H,35,36)(H,37,48)(H,38,47)(H,39,46)(H,40,45)(H,49,50)/t17?,18-,19?,20?,22+,23-,24-,25+/m0/s1. The van der Waals surface area contributed by atoms with Gasteiger partial charge < -0.3 is 68.0 Å². The topological polar surface area (TPSA) is 365 Å². The predicted molar refractivity (Wildman–Crippen MR) is 181 cm³/mol. The van der Waals surface area contributed by atoms with Crippen molar-refractivity contribution in [2.24, 2.45) is 11.5 Å². The molecule has 0 bridgehead atoms. The van der Waals surface area contributed by atoms with Gasteiger partial charge in [0.2, 0.25) is 17.7 Å². The normalized spacial score (nSPS) is 15.8. The predicted octanol–water partition coefficient (Wildman–Crippen LogP) is -4.70. The number of methoxy groups -OCH3 is 1. The third-order valence-electron chi connectivity index (χ3n) is 7.98. The van der Waals surface area contributed by atoms with Crippen molar-refractivity contribution in [2.75, 3.05) is 26.7 Å². The van der Waals surface area contributed by atoms with E-state index in [1.165, 1.54) is 19.5 Å². The van der Waals surface area contributed by atoms with Gasteiger partial charge in [-0.15, -0.1) is 0 Å². The summed E-state index contributed by atoms with van der Waals surface area (Å²) in [6.45, 7) is 0.433. The van der Waals surface area contributed by atoms with Crippen LogP contribution in [0.25, 0.3) is 0 Å². The molecule has 0 spiro atoms. The minimum absolute atomic E-state index is 0.0628. The van der Waals surface area contributed by atoms with Crippen molar-refractivity contribution in [2.45, 2.75) is 113 Å². The highest BCUT2D eigenvalue weighted by atomic mass is 16.5. The van der Waals surface area contributed by atoms with Crippen LogP contribution in [-0.4, -0.2) is 146 Å². The van der Waals surface area contributed by atoms with Crippen LogP contribution >= 0.6 is 0 Å². The number of rotatable bonds is 27. The van der Waals surface area contributed by atoms with Crippen molar-refractivity contribution in [1.29, 1.82) is 0 Å². The Labute approximate surface area is 300 Å². The minimum Gasteiger partial charge on any atom is -0.479 e. The monoisotopic (exact) mass is 744 g/mol. The Kier molecular flexibility index (Phi) is 21.9. The van der Waals surface area contributed by atoms with Gasteiger partial charge in [-0.1, -0.05) is 0 Å². The molecule has 1 rings (SSSR count). The number of H-pyrrole nitrogens is 1. The fraction of sp³-hybridized carbons (Fsp3) is 0.710. The summed E-state index contributed by atoms with van der Waals surface area (Å²) >= 11 is 0. The number of ether oxygens (including phenoxy) is 1. The van der Waals surface area contributed by atoms with Gasteiger partial charge in [-0.25, -0.2) is 14.6 Å². The fourth-order valence-electron chi connectivity index (χ4n) is 4.87. The number of esters is 1. The number of carbonyl (C=O) groups excluding carboxylic acids is 5. The highest BCUT2D eigenvalue weighted by Crippen LogP contribution is 2.09. The van der Waals surface area contributed by atoms with Crippen LogP contribution in [0.2, 0.25) is 0 Å². The number of aromatic nitrogens is 2. The molecule has 8 atom stereocenters. The number of hydrogen-bond acceptors (Lipinski definition) is 14. The molecule has 4 amide bonds. The van der Waals surface area contributed by atoms with E-state index < -0.39 is 84.2 Å². The van der Waals surface area contributed by atoms with Crippen LogP contribution in [0.1, 0.15) is 63.6 Å². The number of nitrogens with one attached hydrogen (secondary N) is 6. The summed E-state index contributed by atoms with van der Waals surface area (Å²) < 4.78 is 4.81. The van der Waals surface area contributed by atoms with Gasteiger partial charge in [0.1, 0.15) is 36.2 Å². The number of aliphatic hydroxyl groups excluding tert-OH is 4. The van der Waals surface area contributed by atoms with E-state index in [1.54, 1.807) is 0 Å². The number of aliphatic carboxylic acids is 1. The molecule has 21 nitrogen and oxygen atoms in total. The molecule has 295 valence electrons. The first-order chi connectivity index (χ1) is 24.7. The smallest absolute Gasteiger partial charge is 0.335 e. The molecule has 1 aromatic rings. The Hall–Kier alpha value is -4.25. The molecule has 1 heterocycles. The maximum absolute atomic E-state index is 13.6. The number of nitrogens with two attached hydrogens (primary N) is 2. The van der Waals surface area contributed by atoms with E-state index in [1.807, 2.05) is 0 Å². The van der Waals surface area contributed by atoms with E-state index in [0.717, 1.165) is 0 Å². The van der Waals surface area contributed by atoms with Crippen molar-refractivity contribution >= 4 is 35.6 Å². The second-order valence-corrected chi connectivity index (χ2v) is 12.1. The summed E-state index contributed by atoms with van der Waals surface area (Å²) in [6.07, 6.45) is -3.39. The lowest BCUT2D eigenvalue weighted by Gasteiger charge is -2.25. The van der Waals surface area contributed by atoms with Crippen molar-refractivity contribution in [1.82, 2.24) is 37.0 Å². The zero-order chi connectivity index (χ0) is 39.2. The highest BCUT2D eigenvalue weighted by molar-refractivity contribution is 5.94. The van der Waals surface area contributed by atoms with Crippen LogP contribution in [0.3, 0.4) is 0 Å². The number of amides is 4. The Morgan fingerprint density at radius 3 is 1.98 bits per heavy atom. The highest BCUT2D eigenvalue weighted by Gasteiger charge is 2.37. The zero-order valence-corrected chi connectivity index (χ0v) is 29.2. The van der Waals surface area contributed by atoms with E-state index in [0.29, 0.717) is 38.1 Å². The van der Waals surface area contributed by atoms with Gasteiger partial charge in [-0.05, 0) is 64.3 Å². The number of carboxylic acid groups (broad SMARTS) is 1. The van der Waals surface area contributed by atoms with E-state index in [-0.39, 0.29) is 51.6 Å². The Balaban J connectivity index is 2.86. The molecule has 1 radical (unpaired) electrons. The van der Waals surface area contributed by atoms with E-state index in [4.69, 9.17) is 27.0 Å². The third-order valence-corrected chi connectivity index (χ3v) is 7.98. The molecule has 1 aromatic heterocycles. The Morgan fingerprint density at radius 2 is 1.38 bits per heavy atom. The molecule has 15 N–H and O–H groups in total. The lowest BCUT2D eigenvalue weighted by Crippen LogP contribution is -2.57. The summed E-state index contributed by atoms with van der Waals surface area (Å²) in [7, 11) is 1.18. The summed E-state index contributed by atoms with van der Waals surface area (Å²) in [6, 6.07) is -4.45. The largest absolute Gasteiger partial charge is 0.479 e. The number of carboxylic acids is 1. The van der Waals surface area contributed by atoms with E-state index in [2.05, 4.69) is 31.2 Å². The number of nitrogens with zero attached hydrogens (tertiary/aromatic N) is 1. The van der Waals surface area contributed by atoms with Crippen molar-refractivity contribution in [3.05, 3.63) is 18.2 Å². The van der Waals surface area contributed by atoms with Gasteiger partial charge >= 0.3 is 11.9 Å². The summed E-state index contributed by atoms with van der Waals surface area (Å²) in [4.78, 5) is 82.1. The van der Waals surface area contributed by atoms with Crippen LogP contribution < -0.4 is 38.5 Å². The molecule has 52 heavy (non-hydrogen) atoms. The number of imidazole rings is 1. The molecule has 0 aliphatic rings. The SMILES string of the molecule is COC(=O)C(CCCC[NH])NC(=O)[C@H](CCCCN)NC(=O)C(Cc1ncc[nH]1)NC(=O)C(N)CCCCNC(=O)[C@@H](O)[C@H](O)[C@H](O)[C@@H](O)C(=O)O. The van der Waals surface area contributed by atoms with Crippen molar-refractivity contribution in [3.63, 3.8) is 0 Å².